The molecule has 0 saturated carbocycles. The van der Waals surface area contributed by atoms with Crippen LogP contribution in [-0.2, 0) is 33.0 Å². The number of hydrogen-bond donors (Lipinski definition) is 2. The van der Waals surface area contributed by atoms with E-state index in [1.54, 1.807) is 0 Å². The Morgan fingerprint density at radius 1 is 1.26 bits per heavy atom. The highest BCUT2D eigenvalue weighted by Gasteiger charge is 2.21. The first-order valence-electron chi connectivity index (χ1n) is 8.35. The first-order chi connectivity index (χ1) is 12.7. The SMILES string of the molecule is CCc1cccc(C)c1NC(=O)COC(=O)c1cc(S(=O)(=O)NC)cn1C. The van der Waals surface area contributed by atoms with Crippen LogP contribution in [0, 0.1) is 6.92 Å². The van der Waals surface area contributed by atoms with Gasteiger partial charge in [0, 0.05) is 18.9 Å². The van der Waals surface area contributed by atoms with Crippen molar-refractivity contribution in [3.8, 4) is 0 Å². The molecule has 0 aliphatic heterocycles. The number of benzene rings is 1. The third-order valence-electron chi connectivity index (χ3n) is 4.11. The number of nitrogens with one attached hydrogen (secondary N) is 2. The third-order valence-corrected chi connectivity index (χ3v) is 5.49. The highest BCUT2D eigenvalue weighted by atomic mass is 32.2. The predicted molar refractivity (Wildman–Crippen MR) is 101 cm³/mol. The molecular weight excluding hydrogens is 370 g/mol. The van der Waals surface area contributed by atoms with E-state index < -0.39 is 28.5 Å². The standard InChI is InChI=1S/C18H23N3O5S/c1-5-13-8-6-7-12(2)17(13)20-16(22)11-26-18(23)15-9-14(10-21(15)4)27(24,25)19-3/h6-10,19H,5,11H2,1-4H3,(H,20,22). The van der Waals surface area contributed by atoms with E-state index in [0.29, 0.717) is 5.69 Å². The highest BCUT2D eigenvalue weighted by molar-refractivity contribution is 7.89. The molecule has 1 amide bonds. The Kier molecular flexibility index (Phi) is 6.40. The largest absolute Gasteiger partial charge is 0.451 e. The molecule has 2 aromatic rings. The van der Waals surface area contributed by atoms with Gasteiger partial charge in [-0.1, -0.05) is 25.1 Å². The summed E-state index contributed by atoms with van der Waals surface area (Å²) in [7, 11) is -0.877. The molecule has 0 atom stereocenters. The van der Waals surface area contributed by atoms with Crippen LogP contribution in [0.25, 0.3) is 0 Å². The van der Waals surface area contributed by atoms with Gasteiger partial charge in [0.2, 0.25) is 10.0 Å². The number of ether oxygens (including phenoxy) is 1. The Balaban J connectivity index is 2.05. The fourth-order valence-electron chi connectivity index (χ4n) is 2.58. The number of carbonyl (C=O) groups excluding carboxylic acids is 2. The summed E-state index contributed by atoms with van der Waals surface area (Å²) in [5.74, 6) is -1.25. The lowest BCUT2D eigenvalue weighted by molar-refractivity contribution is -0.119. The molecule has 9 heteroatoms. The summed E-state index contributed by atoms with van der Waals surface area (Å²) < 4.78 is 32.2. The van der Waals surface area contributed by atoms with Crippen LogP contribution in [0.2, 0.25) is 0 Å². The van der Waals surface area contributed by atoms with Crippen LogP contribution in [0.1, 0.15) is 28.5 Å². The summed E-state index contributed by atoms with van der Waals surface area (Å²) in [4.78, 5) is 24.3. The second kappa shape index (κ2) is 8.36. The Morgan fingerprint density at radius 2 is 1.96 bits per heavy atom. The molecule has 2 rings (SSSR count). The van der Waals surface area contributed by atoms with Gasteiger partial charge in [0.05, 0.1) is 0 Å². The maximum Gasteiger partial charge on any atom is 0.355 e. The van der Waals surface area contributed by atoms with Gasteiger partial charge in [-0.3, -0.25) is 4.79 Å². The number of para-hydroxylation sites is 1. The minimum absolute atomic E-state index is 0.0294. The number of aryl methyl sites for hydroxylation is 3. The quantitative estimate of drug-likeness (QED) is 0.695. The average molecular weight is 393 g/mol. The average Bonchev–Trinajstić information content (AvgIpc) is 3.04. The van der Waals surface area contributed by atoms with E-state index >= 15 is 0 Å². The molecule has 0 unspecified atom stereocenters. The van der Waals surface area contributed by atoms with E-state index in [-0.39, 0.29) is 10.6 Å². The lowest BCUT2D eigenvalue weighted by Crippen LogP contribution is -2.22. The normalized spacial score (nSPS) is 11.3. The third kappa shape index (κ3) is 4.75. The second-order valence-electron chi connectivity index (χ2n) is 5.97. The summed E-state index contributed by atoms with van der Waals surface area (Å²) in [6, 6.07) is 6.91. The van der Waals surface area contributed by atoms with Crippen molar-refractivity contribution in [2.45, 2.75) is 25.2 Å². The molecule has 0 aliphatic carbocycles. The molecule has 0 radical (unpaired) electrons. The lowest BCUT2D eigenvalue weighted by Gasteiger charge is -2.13. The van der Waals surface area contributed by atoms with E-state index in [1.807, 2.05) is 32.0 Å². The molecule has 0 spiro atoms. The highest BCUT2D eigenvalue weighted by Crippen LogP contribution is 2.21. The van der Waals surface area contributed by atoms with Crippen molar-refractivity contribution in [3.63, 3.8) is 0 Å². The zero-order valence-electron chi connectivity index (χ0n) is 15.7. The number of aromatic nitrogens is 1. The smallest absolute Gasteiger partial charge is 0.355 e. The van der Waals surface area contributed by atoms with Gasteiger partial charge in [0.1, 0.15) is 10.6 Å². The second-order valence-corrected chi connectivity index (χ2v) is 7.85. The van der Waals surface area contributed by atoms with Crippen LogP contribution in [0.4, 0.5) is 5.69 Å². The molecule has 1 aromatic carbocycles. The monoisotopic (exact) mass is 393 g/mol. The first kappa shape index (κ1) is 20.7. The summed E-state index contributed by atoms with van der Waals surface area (Å²) in [5.41, 5.74) is 2.64. The predicted octanol–water partition coefficient (Wildman–Crippen LogP) is 1.60. The topological polar surface area (TPSA) is 106 Å². The number of hydrogen-bond acceptors (Lipinski definition) is 5. The summed E-state index contributed by atoms with van der Waals surface area (Å²) >= 11 is 0. The molecule has 0 aliphatic rings. The number of esters is 1. The van der Waals surface area contributed by atoms with Crippen LogP contribution in [0.3, 0.4) is 0 Å². The van der Waals surface area contributed by atoms with Gasteiger partial charge in [-0.15, -0.1) is 0 Å². The molecule has 27 heavy (non-hydrogen) atoms. The van der Waals surface area contributed by atoms with Gasteiger partial charge in [0.15, 0.2) is 6.61 Å². The Morgan fingerprint density at radius 3 is 2.59 bits per heavy atom. The first-order valence-corrected chi connectivity index (χ1v) is 9.83. The van der Waals surface area contributed by atoms with Gasteiger partial charge in [-0.25, -0.2) is 17.9 Å². The zero-order valence-corrected chi connectivity index (χ0v) is 16.5. The molecule has 2 N–H and O–H groups in total. The van der Waals surface area contributed by atoms with Crippen LogP contribution < -0.4 is 10.0 Å². The molecule has 146 valence electrons. The van der Waals surface area contributed by atoms with Crippen molar-refractivity contribution >= 4 is 27.6 Å². The summed E-state index contributed by atoms with van der Waals surface area (Å²) in [5, 5.41) is 2.76. The molecule has 0 bridgehead atoms. The summed E-state index contributed by atoms with van der Waals surface area (Å²) in [6.45, 7) is 3.39. The van der Waals surface area contributed by atoms with Crippen molar-refractivity contribution in [2.24, 2.45) is 7.05 Å². The minimum Gasteiger partial charge on any atom is -0.451 e. The summed E-state index contributed by atoms with van der Waals surface area (Å²) in [6.07, 6.45) is 2.05. The maximum atomic E-state index is 12.2. The van der Waals surface area contributed by atoms with Gasteiger partial charge >= 0.3 is 5.97 Å². The zero-order chi connectivity index (χ0) is 20.2. The number of nitrogens with zero attached hydrogens (tertiary/aromatic N) is 1. The number of amides is 1. The minimum atomic E-state index is -3.68. The van der Waals surface area contributed by atoms with Gasteiger partial charge < -0.3 is 14.6 Å². The van der Waals surface area contributed by atoms with Gasteiger partial charge in [0.25, 0.3) is 5.91 Å². The van der Waals surface area contributed by atoms with Crippen LogP contribution >= 0.6 is 0 Å². The molecule has 1 heterocycles. The van der Waals surface area contributed by atoms with E-state index in [1.165, 1.54) is 30.9 Å². The van der Waals surface area contributed by atoms with Crippen LogP contribution in [-0.4, -0.2) is 38.5 Å². The fourth-order valence-corrected chi connectivity index (χ4v) is 3.38. The lowest BCUT2D eigenvalue weighted by atomic mass is 10.1. The number of anilines is 1. The number of carbonyl (C=O) groups is 2. The molecular formula is C18H23N3O5S. The Bertz CT molecular complexity index is 963. The van der Waals surface area contributed by atoms with Crippen molar-refractivity contribution < 1.29 is 22.7 Å². The molecule has 1 aromatic heterocycles. The van der Waals surface area contributed by atoms with Gasteiger partial charge in [-0.2, -0.15) is 0 Å². The number of sulfonamides is 1. The van der Waals surface area contributed by atoms with E-state index in [4.69, 9.17) is 4.74 Å². The van der Waals surface area contributed by atoms with Crippen LogP contribution in [0.5, 0.6) is 0 Å². The maximum absolute atomic E-state index is 12.2. The Hall–Kier alpha value is -2.65. The van der Waals surface area contributed by atoms with E-state index in [2.05, 4.69) is 10.0 Å². The van der Waals surface area contributed by atoms with Crippen molar-refractivity contribution in [1.82, 2.24) is 9.29 Å². The number of rotatable bonds is 7. The fraction of sp³-hybridized carbons (Fsp3) is 0.333. The van der Waals surface area contributed by atoms with Crippen LogP contribution in [0.15, 0.2) is 35.4 Å². The van der Waals surface area contributed by atoms with E-state index in [9.17, 15) is 18.0 Å². The van der Waals surface area contributed by atoms with Crippen molar-refractivity contribution in [2.75, 3.05) is 19.0 Å². The molecule has 8 nitrogen and oxygen atoms in total. The van der Waals surface area contributed by atoms with Crippen molar-refractivity contribution in [1.29, 1.82) is 0 Å². The van der Waals surface area contributed by atoms with Gasteiger partial charge in [-0.05, 0) is 37.6 Å². The molecule has 0 fully saturated rings. The van der Waals surface area contributed by atoms with Crippen molar-refractivity contribution in [3.05, 3.63) is 47.3 Å². The van der Waals surface area contributed by atoms with E-state index in [0.717, 1.165) is 17.5 Å². The molecule has 0 saturated heterocycles. The Labute approximate surface area is 158 Å².